The number of unbranched alkanes of at least 4 members (excludes halogenated alkanes) is 1. The number of amides is 1. The van der Waals surface area contributed by atoms with Gasteiger partial charge in [0, 0.05) is 12.1 Å². The molecular weight excluding hydrogens is 350 g/mol. The molecule has 0 aliphatic heterocycles. The summed E-state index contributed by atoms with van der Waals surface area (Å²) in [5, 5.41) is 14.5. The maximum absolute atomic E-state index is 12.2. The fourth-order valence-corrected chi connectivity index (χ4v) is 2.59. The molecule has 1 aromatic heterocycles. The van der Waals surface area contributed by atoms with Crippen molar-refractivity contribution in [3.05, 3.63) is 36.2 Å². The number of benzene rings is 1. The van der Waals surface area contributed by atoms with E-state index in [9.17, 15) is 4.79 Å². The van der Waals surface area contributed by atoms with Gasteiger partial charge in [-0.2, -0.15) is 0 Å². The van der Waals surface area contributed by atoms with E-state index < -0.39 is 0 Å². The van der Waals surface area contributed by atoms with Gasteiger partial charge in [0.2, 0.25) is 0 Å². The number of aromatic nitrogens is 4. The number of hydrazine groups is 1. The number of nitrogens with zero attached hydrogens (tertiary/aromatic N) is 4. The minimum absolute atomic E-state index is 0.268. The van der Waals surface area contributed by atoms with E-state index in [-0.39, 0.29) is 5.91 Å². The maximum Gasteiger partial charge on any atom is 0.269 e. The molecule has 0 fully saturated rings. The predicted molar refractivity (Wildman–Crippen MR) is 104 cm³/mol. The van der Waals surface area contributed by atoms with Crippen LogP contribution in [0.25, 0.3) is 5.69 Å². The van der Waals surface area contributed by atoms with Gasteiger partial charge in [0.25, 0.3) is 5.91 Å². The zero-order valence-corrected chi connectivity index (χ0v) is 15.9. The molecule has 1 aromatic carbocycles. The highest BCUT2D eigenvalue weighted by Gasteiger charge is 2.09. The minimum atomic E-state index is -0.268. The van der Waals surface area contributed by atoms with Gasteiger partial charge >= 0.3 is 0 Å². The van der Waals surface area contributed by atoms with Gasteiger partial charge in [-0.3, -0.25) is 15.6 Å². The number of tetrazole rings is 1. The lowest BCUT2D eigenvalue weighted by Crippen LogP contribution is -2.47. The third-order valence-electron chi connectivity index (χ3n) is 4.13. The molecule has 26 heavy (non-hydrogen) atoms. The van der Waals surface area contributed by atoms with Crippen molar-refractivity contribution >= 4 is 23.2 Å². The second-order valence-corrected chi connectivity index (χ2v) is 6.42. The largest absolute Gasteiger partial charge is 0.361 e. The van der Waals surface area contributed by atoms with Crippen molar-refractivity contribution < 1.29 is 4.79 Å². The van der Waals surface area contributed by atoms with E-state index in [1.165, 1.54) is 30.3 Å². The van der Waals surface area contributed by atoms with E-state index in [1.807, 2.05) is 0 Å². The second-order valence-electron chi connectivity index (χ2n) is 6.01. The van der Waals surface area contributed by atoms with Gasteiger partial charge < -0.3 is 5.32 Å². The Balaban J connectivity index is 1.76. The van der Waals surface area contributed by atoms with E-state index >= 15 is 0 Å². The zero-order chi connectivity index (χ0) is 18.8. The molecule has 140 valence electrons. The lowest BCUT2D eigenvalue weighted by Gasteiger charge is -2.17. The molecule has 3 N–H and O–H groups in total. The Morgan fingerprint density at radius 1 is 1.23 bits per heavy atom. The Hall–Kier alpha value is -2.55. The van der Waals surface area contributed by atoms with Crippen LogP contribution in [0.1, 0.15) is 49.9 Å². The standard InChI is InChI=1S/C17H25N7OS/c1-3-5-6-13(4-2)11-18-17(26)21-20-16(25)14-7-9-15(10-8-14)24-12-19-22-23-24/h7-10,12-13H,3-6,11H2,1-2H3,(H,20,25)(H2,18,21,26)/t13-/m1/s1. The molecule has 0 radical (unpaired) electrons. The summed E-state index contributed by atoms with van der Waals surface area (Å²) in [6, 6.07) is 6.92. The molecule has 0 aliphatic rings. The Labute approximate surface area is 158 Å². The lowest BCUT2D eigenvalue weighted by atomic mass is 9.99. The first-order chi connectivity index (χ1) is 12.6. The van der Waals surface area contributed by atoms with Gasteiger partial charge in [0.15, 0.2) is 5.11 Å². The van der Waals surface area contributed by atoms with Crippen LogP contribution in [0.5, 0.6) is 0 Å². The first kappa shape index (κ1) is 19.8. The van der Waals surface area contributed by atoms with Crippen molar-refractivity contribution in [1.29, 1.82) is 0 Å². The van der Waals surface area contributed by atoms with Gasteiger partial charge in [-0.15, -0.1) is 5.10 Å². The number of carbonyl (C=O) groups is 1. The molecule has 2 aromatic rings. The van der Waals surface area contributed by atoms with Crippen molar-refractivity contribution in [3.63, 3.8) is 0 Å². The summed E-state index contributed by atoms with van der Waals surface area (Å²) in [6.45, 7) is 5.18. The normalized spacial score (nSPS) is 11.6. The molecule has 8 nitrogen and oxygen atoms in total. The van der Waals surface area contributed by atoms with Crippen LogP contribution in [0.3, 0.4) is 0 Å². The summed E-state index contributed by atoms with van der Waals surface area (Å²) in [5.41, 5.74) is 6.62. The van der Waals surface area contributed by atoms with Crippen LogP contribution in [-0.2, 0) is 0 Å². The highest BCUT2D eigenvalue weighted by atomic mass is 32.1. The van der Waals surface area contributed by atoms with Crippen molar-refractivity contribution in [2.24, 2.45) is 5.92 Å². The van der Waals surface area contributed by atoms with Gasteiger partial charge in [0.05, 0.1) is 5.69 Å². The number of hydrogen-bond donors (Lipinski definition) is 3. The van der Waals surface area contributed by atoms with Crippen LogP contribution in [0, 0.1) is 5.92 Å². The quantitative estimate of drug-likeness (QED) is 0.479. The van der Waals surface area contributed by atoms with Crippen LogP contribution >= 0.6 is 12.2 Å². The van der Waals surface area contributed by atoms with Crippen molar-refractivity contribution in [2.75, 3.05) is 6.54 Å². The van der Waals surface area contributed by atoms with Crippen LogP contribution in [0.15, 0.2) is 30.6 Å². The number of hydrogen-bond acceptors (Lipinski definition) is 5. The molecule has 1 atom stereocenters. The first-order valence-corrected chi connectivity index (χ1v) is 9.22. The number of nitrogens with one attached hydrogen (secondary N) is 3. The summed E-state index contributed by atoms with van der Waals surface area (Å²) < 4.78 is 1.52. The molecule has 0 unspecified atom stereocenters. The van der Waals surface area contributed by atoms with Crippen LogP contribution < -0.4 is 16.2 Å². The number of rotatable bonds is 8. The second kappa shape index (κ2) is 10.4. The van der Waals surface area contributed by atoms with Crippen LogP contribution in [0.2, 0.25) is 0 Å². The van der Waals surface area contributed by atoms with Gasteiger partial charge in [0.1, 0.15) is 6.33 Å². The number of carbonyl (C=O) groups excluding carboxylic acids is 1. The monoisotopic (exact) mass is 375 g/mol. The van der Waals surface area contributed by atoms with Gasteiger partial charge in [-0.05, 0) is 59.2 Å². The SMILES string of the molecule is CCCC[C@@H](CC)CNC(=S)NNC(=O)c1ccc(-n2cnnn2)cc1. The maximum atomic E-state index is 12.2. The lowest BCUT2D eigenvalue weighted by molar-refractivity contribution is 0.0943. The molecule has 0 saturated carbocycles. The van der Waals surface area contributed by atoms with Crippen LogP contribution in [-0.4, -0.2) is 37.8 Å². The summed E-state index contributed by atoms with van der Waals surface area (Å²) in [6.07, 6.45) is 6.20. The fourth-order valence-electron chi connectivity index (χ4n) is 2.46. The smallest absolute Gasteiger partial charge is 0.269 e. The third-order valence-corrected chi connectivity index (χ3v) is 4.37. The average Bonchev–Trinajstić information content (AvgIpc) is 3.21. The Bertz CT molecular complexity index is 688. The molecule has 0 saturated heterocycles. The average molecular weight is 376 g/mol. The molecule has 0 bridgehead atoms. The molecule has 0 aliphatic carbocycles. The van der Waals surface area contributed by atoms with E-state index in [0.29, 0.717) is 16.6 Å². The Morgan fingerprint density at radius 3 is 2.62 bits per heavy atom. The minimum Gasteiger partial charge on any atom is -0.361 e. The summed E-state index contributed by atoms with van der Waals surface area (Å²) in [5.74, 6) is 0.319. The predicted octanol–water partition coefficient (Wildman–Crippen LogP) is 1.99. The van der Waals surface area contributed by atoms with E-state index in [4.69, 9.17) is 12.2 Å². The summed E-state index contributed by atoms with van der Waals surface area (Å²) >= 11 is 5.21. The van der Waals surface area contributed by atoms with E-state index in [0.717, 1.165) is 18.7 Å². The van der Waals surface area contributed by atoms with E-state index in [2.05, 4.69) is 45.5 Å². The summed E-state index contributed by atoms with van der Waals surface area (Å²) in [4.78, 5) is 12.2. The van der Waals surface area contributed by atoms with E-state index in [1.54, 1.807) is 24.3 Å². The first-order valence-electron chi connectivity index (χ1n) is 8.81. The Kier molecular flexibility index (Phi) is 7.94. The topological polar surface area (TPSA) is 96.8 Å². The van der Waals surface area contributed by atoms with Gasteiger partial charge in [-0.25, -0.2) is 4.68 Å². The molecule has 1 amide bonds. The van der Waals surface area contributed by atoms with Crippen molar-refractivity contribution in [1.82, 2.24) is 36.4 Å². The molecule has 1 heterocycles. The molecular formula is C17H25N7OS. The third kappa shape index (κ3) is 6.07. The highest BCUT2D eigenvalue weighted by molar-refractivity contribution is 7.80. The van der Waals surface area contributed by atoms with Gasteiger partial charge in [-0.1, -0.05) is 33.1 Å². The summed E-state index contributed by atoms with van der Waals surface area (Å²) in [7, 11) is 0. The molecule has 0 spiro atoms. The molecule has 9 heteroatoms. The highest BCUT2D eigenvalue weighted by Crippen LogP contribution is 2.11. The Morgan fingerprint density at radius 2 is 2.00 bits per heavy atom. The van der Waals surface area contributed by atoms with Crippen molar-refractivity contribution in [3.8, 4) is 5.69 Å². The fraction of sp³-hybridized carbons (Fsp3) is 0.471. The zero-order valence-electron chi connectivity index (χ0n) is 15.1. The molecule has 2 rings (SSSR count). The van der Waals surface area contributed by atoms with Crippen LogP contribution in [0.4, 0.5) is 0 Å². The number of thiocarbonyl (C=S) groups is 1. The van der Waals surface area contributed by atoms with Crippen molar-refractivity contribution in [2.45, 2.75) is 39.5 Å².